The van der Waals surface area contributed by atoms with Gasteiger partial charge in [0.15, 0.2) is 0 Å². The highest BCUT2D eigenvalue weighted by Gasteiger charge is 2.13. The third-order valence-electron chi connectivity index (χ3n) is 3.45. The summed E-state index contributed by atoms with van der Waals surface area (Å²) in [5.41, 5.74) is 7.74. The molecule has 1 saturated heterocycles. The Morgan fingerprint density at radius 3 is 2.60 bits per heavy atom. The van der Waals surface area contributed by atoms with Gasteiger partial charge in [-0.15, -0.1) is 0 Å². The molecular formula is C15H23N3O2. The molecule has 5 nitrogen and oxygen atoms in total. The zero-order chi connectivity index (χ0) is 14.4. The van der Waals surface area contributed by atoms with Crippen LogP contribution in [0.15, 0.2) is 24.3 Å². The van der Waals surface area contributed by atoms with Crippen molar-refractivity contribution in [3.05, 3.63) is 24.3 Å². The van der Waals surface area contributed by atoms with Crippen LogP contribution in [0.25, 0.3) is 0 Å². The Labute approximate surface area is 120 Å². The molecule has 1 atom stereocenters. The Morgan fingerprint density at radius 1 is 1.35 bits per heavy atom. The topological polar surface area (TPSA) is 67.6 Å². The molecule has 1 aliphatic rings. The lowest BCUT2D eigenvalue weighted by Crippen LogP contribution is -2.36. The van der Waals surface area contributed by atoms with Crippen LogP contribution in [-0.4, -0.2) is 38.3 Å². The fraction of sp³-hybridized carbons (Fsp3) is 0.533. The van der Waals surface area contributed by atoms with E-state index in [4.69, 9.17) is 10.5 Å². The Hall–Kier alpha value is -1.59. The summed E-state index contributed by atoms with van der Waals surface area (Å²) in [5.74, 6) is -0.119. The van der Waals surface area contributed by atoms with Crippen molar-refractivity contribution in [1.29, 1.82) is 0 Å². The number of nitrogens with two attached hydrogens (primary N) is 1. The van der Waals surface area contributed by atoms with Crippen molar-refractivity contribution in [3.8, 4) is 0 Å². The summed E-state index contributed by atoms with van der Waals surface area (Å²) >= 11 is 0. The molecule has 1 aromatic rings. The van der Waals surface area contributed by atoms with E-state index < -0.39 is 6.04 Å². The van der Waals surface area contributed by atoms with Crippen LogP contribution in [0.4, 0.5) is 11.4 Å². The van der Waals surface area contributed by atoms with E-state index in [-0.39, 0.29) is 5.91 Å². The van der Waals surface area contributed by atoms with Crippen molar-refractivity contribution in [2.45, 2.75) is 25.8 Å². The molecule has 0 spiro atoms. The van der Waals surface area contributed by atoms with Gasteiger partial charge in [0, 0.05) is 24.5 Å². The molecule has 0 unspecified atom stereocenters. The molecule has 110 valence electrons. The lowest BCUT2D eigenvalue weighted by Gasteiger charge is -2.28. The summed E-state index contributed by atoms with van der Waals surface area (Å²) in [5, 5.41) is 2.85. The fourth-order valence-electron chi connectivity index (χ4n) is 2.25. The zero-order valence-electron chi connectivity index (χ0n) is 12.0. The highest BCUT2D eigenvalue weighted by molar-refractivity contribution is 5.94. The summed E-state index contributed by atoms with van der Waals surface area (Å²) in [6.07, 6.45) is 1.61. The number of anilines is 2. The number of nitrogens with one attached hydrogen (secondary N) is 1. The number of rotatable bonds is 5. The number of carbonyl (C=O) groups is 1. The number of hydrogen-bond donors (Lipinski definition) is 2. The minimum atomic E-state index is -0.432. The summed E-state index contributed by atoms with van der Waals surface area (Å²) in [6, 6.07) is 7.44. The van der Waals surface area contributed by atoms with E-state index in [2.05, 4.69) is 10.2 Å². The zero-order valence-corrected chi connectivity index (χ0v) is 12.0. The summed E-state index contributed by atoms with van der Waals surface area (Å²) in [6.45, 7) is 5.37. The van der Waals surface area contributed by atoms with Gasteiger partial charge in [-0.3, -0.25) is 4.79 Å². The van der Waals surface area contributed by atoms with Gasteiger partial charge in [0.2, 0.25) is 5.91 Å². The first kappa shape index (κ1) is 14.8. The summed E-state index contributed by atoms with van der Waals surface area (Å²) < 4.78 is 5.33. The maximum absolute atomic E-state index is 11.8. The molecule has 1 fully saturated rings. The Bertz CT molecular complexity index is 427. The number of ether oxygens (including phenoxy) is 1. The average molecular weight is 277 g/mol. The molecule has 3 N–H and O–H groups in total. The minimum absolute atomic E-state index is 0.119. The van der Waals surface area contributed by atoms with Gasteiger partial charge in [0.25, 0.3) is 0 Å². The maximum Gasteiger partial charge on any atom is 0.241 e. The molecule has 1 heterocycles. The van der Waals surface area contributed by atoms with Crippen LogP contribution in [0.3, 0.4) is 0 Å². The molecule has 0 radical (unpaired) electrons. The highest BCUT2D eigenvalue weighted by atomic mass is 16.5. The van der Waals surface area contributed by atoms with Gasteiger partial charge in [-0.1, -0.05) is 13.3 Å². The van der Waals surface area contributed by atoms with Crippen LogP contribution >= 0.6 is 0 Å². The smallest absolute Gasteiger partial charge is 0.241 e. The average Bonchev–Trinajstić information content (AvgIpc) is 2.49. The lowest BCUT2D eigenvalue weighted by molar-refractivity contribution is -0.117. The van der Waals surface area contributed by atoms with E-state index in [1.165, 1.54) is 0 Å². The molecule has 20 heavy (non-hydrogen) atoms. The monoisotopic (exact) mass is 277 g/mol. The number of carbonyl (C=O) groups excluding carboxylic acids is 1. The Kier molecular flexibility index (Phi) is 5.38. The van der Waals surface area contributed by atoms with Gasteiger partial charge in [-0.25, -0.2) is 0 Å². The first-order valence-corrected chi connectivity index (χ1v) is 7.20. The van der Waals surface area contributed by atoms with Gasteiger partial charge in [0.05, 0.1) is 19.3 Å². The van der Waals surface area contributed by atoms with E-state index in [0.717, 1.165) is 44.1 Å². The number of benzene rings is 1. The number of morpholine rings is 1. The van der Waals surface area contributed by atoms with Crippen LogP contribution in [0.2, 0.25) is 0 Å². The van der Waals surface area contributed by atoms with Crippen LogP contribution in [0.1, 0.15) is 19.8 Å². The van der Waals surface area contributed by atoms with Crippen molar-refractivity contribution in [3.63, 3.8) is 0 Å². The predicted octanol–water partition coefficient (Wildman–Crippen LogP) is 1.59. The highest BCUT2D eigenvalue weighted by Crippen LogP contribution is 2.19. The molecule has 1 aliphatic heterocycles. The third kappa shape index (κ3) is 3.95. The Morgan fingerprint density at radius 2 is 2.00 bits per heavy atom. The number of hydrogen-bond acceptors (Lipinski definition) is 4. The molecule has 1 aromatic carbocycles. The molecule has 0 aromatic heterocycles. The van der Waals surface area contributed by atoms with E-state index >= 15 is 0 Å². The second-order valence-corrected chi connectivity index (χ2v) is 5.03. The predicted molar refractivity (Wildman–Crippen MR) is 81.0 cm³/mol. The van der Waals surface area contributed by atoms with E-state index in [1.807, 2.05) is 31.2 Å². The summed E-state index contributed by atoms with van der Waals surface area (Å²) in [7, 11) is 0. The molecule has 5 heteroatoms. The van der Waals surface area contributed by atoms with Gasteiger partial charge in [-0.05, 0) is 30.7 Å². The van der Waals surface area contributed by atoms with Crippen molar-refractivity contribution in [1.82, 2.24) is 0 Å². The summed E-state index contributed by atoms with van der Waals surface area (Å²) in [4.78, 5) is 14.1. The van der Waals surface area contributed by atoms with Gasteiger partial charge >= 0.3 is 0 Å². The minimum Gasteiger partial charge on any atom is -0.378 e. The first-order chi connectivity index (χ1) is 9.70. The molecule has 0 saturated carbocycles. The van der Waals surface area contributed by atoms with Crippen molar-refractivity contribution in [2.75, 3.05) is 36.5 Å². The van der Waals surface area contributed by atoms with Crippen LogP contribution < -0.4 is 16.0 Å². The van der Waals surface area contributed by atoms with Crippen molar-refractivity contribution in [2.24, 2.45) is 5.73 Å². The van der Waals surface area contributed by atoms with Gasteiger partial charge < -0.3 is 20.7 Å². The second kappa shape index (κ2) is 7.26. The van der Waals surface area contributed by atoms with Crippen molar-refractivity contribution < 1.29 is 9.53 Å². The number of nitrogens with zero attached hydrogens (tertiary/aromatic N) is 1. The van der Waals surface area contributed by atoms with Crippen LogP contribution in [0.5, 0.6) is 0 Å². The molecule has 0 bridgehead atoms. The van der Waals surface area contributed by atoms with Gasteiger partial charge in [0.1, 0.15) is 0 Å². The van der Waals surface area contributed by atoms with Crippen molar-refractivity contribution >= 4 is 17.3 Å². The first-order valence-electron chi connectivity index (χ1n) is 7.20. The van der Waals surface area contributed by atoms with E-state index in [1.54, 1.807) is 0 Å². The Balaban J connectivity index is 1.92. The number of amides is 1. The van der Waals surface area contributed by atoms with Crippen LogP contribution in [-0.2, 0) is 9.53 Å². The lowest BCUT2D eigenvalue weighted by atomic mass is 10.1. The normalized spacial score (nSPS) is 16.8. The molecular weight excluding hydrogens is 254 g/mol. The standard InChI is InChI=1S/C15H23N3O2/c1-2-3-14(16)15(19)17-12-4-6-13(7-5-12)18-8-10-20-11-9-18/h4-7,14H,2-3,8-11,16H2,1H3,(H,17,19)/t14-/m0/s1. The van der Waals surface area contributed by atoms with E-state index in [9.17, 15) is 4.79 Å². The molecule has 0 aliphatic carbocycles. The second-order valence-electron chi connectivity index (χ2n) is 5.03. The quantitative estimate of drug-likeness (QED) is 0.857. The largest absolute Gasteiger partial charge is 0.378 e. The molecule has 2 rings (SSSR count). The SMILES string of the molecule is CCC[C@H](N)C(=O)Nc1ccc(N2CCOCC2)cc1. The fourth-order valence-corrected chi connectivity index (χ4v) is 2.25. The molecule has 1 amide bonds. The van der Waals surface area contributed by atoms with Gasteiger partial charge in [-0.2, -0.15) is 0 Å². The third-order valence-corrected chi connectivity index (χ3v) is 3.45. The van der Waals surface area contributed by atoms with Crippen LogP contribution in [0, 0.1) is 0 Å². The maximum atomic E-state index is 11.8. The van der Waals surface area contributed by atoms with E-state index in [0.29, 0.717) is 6.42 Å².